The van der Waals surface area contributed by atoms with Crippen molar-refractivity contribution < 1.29 is 17.9 Å². The summed E-state index contributed by atoms with van der Waals surface area (Å²) in [4.78, 5) is 23.4. The Morgan fingerprint density at radius 3 is 2.54 bits per heavy atom. The van der Waals surface area contributed by atoms with Crippen LogP contribution in [0.15, 0.2) is 48.8 Å². The van der Waals surface area contributed by atoms with Gasteiger partial charge in [0.1, 0.15) is 23.8 Å². The standard InChI is InChI=1S/C24H26ClN5O4S/c1-15-12-30(24(31)21-22(26-2)27-14-28-23(21)34-15)18-8-6-17(7-9-18)19-10-5-16(11-20(19)25)13-29(3)35(4,32)33/h5-11,14-15H,12-13H2,1-4H3,(H,26,27,28)/t15-/m1/s1. The summed E-state index contributed by atoms with van der Waals surface area (Å²) in [6.07, 6.45) is 2.26. The van der Waals surface area contributed by atoms with Crippen molar-refractivity contribution in [2.24, 2.45) is 0 Å². The van der Waals surface area contributed by atoms with Gasteiger partial charge in [0, 0.05) is 36.9 Å². The van der Waals surface area contributed by atoms with E-state index in [-0.39, 0.29) is 24.4 Å². The number of carbonyl (C=O) groups excluding carboxylic acids is 1. The summed E-state index contributed by atoms with van der Waals surface area (Å²) in [5, 5.41) is 3.44. The molecule has 3 aromatic rings. The maximum Gasteiger partial charge on any atom is 0.267 e. The number of carbonyl (C=O) groups is 1. The van der Waals surface area contributed by atoms with E-state index in [1.165, 1.54) is 17.7 Å². The number of amides is 1. The molecule has 0 saturated heterocycles. The van der Waals surface area contributed by atoms with Gasteiger partial charge in [-0.25, -0.2) is 22.7 Å². The van der Waals surface area contributed by atoms with Crippen LogP contribution in [0.5, 0.6) is 5.88 Å². The summed E-state index contributed by atoms with van der Waals surface area (Å²) in [6.45, 7) is 2.46. The van der Waals surface area contributed by atoms with Crippen LogP contribution in [-0.2, 0) is 16.6 Å². The van der Waals surface area contributed by atoms with Gasteiger partial charge in [-0.1, -0.05) is 35.9 Å². The lowest BCUT2D eigenvalue weighted by Gasteiger charge is -2.23. The van der Waals surface area contributed by atoms with Crippen molar-refractivity contribution in [2.75, 3.05) is 37.1 Å². The van der Waals surface area contributed by atoms with E-state index >= 15 is 0 Å². The van der Waals surface area contributed by atoms with Gasteiger partial charge in [-0.15, -0.1) is 0 Å². The van der Waals surface area contributed by atoms with Gasteiger partial charge in [-0.3, -0.25) is 4.79 Å². The third-order valence-electron chi connectivity index (χ3n) is 5.76. The Labute approximate surface area is 209 Å². The van der Waals surface area contributed by atoms with Crippen LogP contribution in [0.1, 0.15) is 22.8 Å². The summed E-state index contributed by atoms with van der Waals surface area (Å²) in [5.41, 5.74) is 3.46. The van der Waals surface area contributed by atoms with Crippen LogP contribution in [0, 0.1) is 0 Å². The van der Waals surface area contributed by atoms with E-state index in [9.17, 15) is 13.2 Å². The molecule has 0 saturated carbocycles. The Kier molecular flexibility index (Phi) is 6.98. The van der Waals surface area contributed by atoms with E-state index in [1.807, 2.05) is 43.3 Å². The Hall–Kier alpha value is -3.21. The first-order valence-corrected chi connectivity index (χ1v) is 13.1. The zero-order chi connectivity index (χ0) is 25.3. The van der Waals surface area contributed by atoms with Gasteiger partial charge in [0.05, 0.1) is 12.8 Å². The van der Waals surface area contributed by atoms with Crippen LogP contribution >= 0.6 is 11.6 Å². The van der Waals surface area contributed by atoms with E-state index in [1.54, 1.807) is 18.0 Å². The first kappa shape index (κ1) is 24.9. The highest BCUT2D eigenvalue weighted by atomic mass is 35.5. The minimum Gasteiger partial charge on any atom is -0.472 e. The number of benzene rings is 2. The van der Waals surface area contributed by atoms with E-state index in [0.717, 1.165) is 22.9 Å². The number of fused-ring (bicyclic) bond motifs is 1. The maximum atomic E-state index is 13.4. The number of anilines is 2. The predicted octanol–water partition coefficient (Wildman–Crippen LogP) is 3.66. The molecule has 2 heterocycles. The van der Waals surface area contributed by atoms with Crippen LogP contribution in [-0.4, -0.2) is 61.6 Å². The van der Waals surface area contributed by atoms with Gasteiger partial charge in [0.15, 0.2) is 0 Å². The zero-order valence-electron chi connectivity index (χ0n) is 19.8. The second-order valence-electron chi connectivity index (χ2n) is 8.38. The minimum atomic E-state index is -3.29. The molecule has 0 unspecified atom stereocenters. The number of ether oxygens (including phenoxy) is 1. The molecule has 9 nitrogen and oxygen atoms in total. The lowest BCUT2D eigenvalue weighted by molar-refractivity contribution is 0.0988. The summed E-state index contributed by atoms with van der Waals surface area (Å²) in [6, 6.07) is 13.0. The Balaban J connectivity index is 1.61. The molecule has 2 aromatic carbocycles. The van der Waals surface area contributed by atoms with E-state index in [2.05, 4.69) is 15.3 Å². The molecule has 1 aliphatic heterocycles. The lowest BCUT2D eigenvalue weighted by atomic mass is 10.0. The van der Waals surface area contributed by atoms with E-state index in [4.69, 9.17) is 16.3 Å². The number of rotatable bonds is 6. The largest absolute Gasteiger partial charge is 0.472 e. The van der Waals surface area contributed by atoms with Crippen LogP contribution in [0.3, 0.4) is 0 Å². The summed E-state index contributed by atoms with van der Waals surface area (Å²) < 4.78 is 30.5. The molecule has 35 heavy (non-hydrogen) atoms. The molecule has 184 valence electrons. The fraction of sp³-hybridized carbons (Fsp3) is 0.292. The highest BCUT2D eigenvalue weighted by Crippen LogP contribution is 2.33. The molecule has 1 N–H and O–H groups in total. The maximum absolute atomic E-state index is 13.4. The van der Waals surface area contributed by atoms with Crippen LogP contribution in [0.2, 0.25) is 5.02 Å². The van der Waals surface area contributed by atoms with Crippen molar-refractivity contribution in [1.29, 1.82) is 0 Å². The lowest BCUT2D eigenvalue weighted by Crippen LogP contribution is -2.36. The third kappa shape index (κ3) is 5.24. The molecule has 1 amide bonds. The molecule has 1 atom stereocenters. The fourth-order valence-corrected chi connectivity index (χ4v) is 4.55. The Morgan fingerprint density at radius 2 is 1.91 bits per heavy atom. The Bertz CT molecular complexity index is 1360. The second kappa shape index (κ2) is 9.80. The first-order valence-electron chi connectivity index (χ1n) is 10.9. The van der Waals surface area contributed by atoms with Crippen LogP contribution in [0.4, 0.5) is 11.5 Å². The SMILES string of the molecule is CNc1ncnc2c1C(=O)N(c1ccc(-c3ccc(CN(C)S(C)(=O)=O)cc3Cl)cc1)C[C@@H](C)O2. The fourth-order valence-electron chi connectivity index (χ4n) is 3.85. The second-order valence-corrected chi connectivity index (χ2v) is 10.9. The predicted molar refractivity (Wildman–Crippen MR) is 137 cm³/mol. The molecule has 11 heteroatoms. The zero-order valence-corrected chi connectivity index (χ0v) is 21.4. The molecule has 1 aromatic heterocycles. The third-order valence-corrected chi connectivity index (χ3v) is 7.33. The summed E-state index contributed by atoms with van der Waals surface area (Å²) in [7, 11) is -0.0727. The van der Waals surface area contributed by atoms with Gasteiger partial charge in [-0.05, 0) is 36.2 Å². The number of nitrogens with one attached hydrogen (secondary N) is 1. The first-order chi connectivity index (χ1) is 16.6. The molecule has 0 fully saturated rings. The van der Waals surface area contributed by atoms with Crippen molar-refractivity contribution in [3.63, 3.8) is 0 Å². The average Bonchev–Trinajstić information content (AvgIpc) is 2.94. The van der Waals surface area contributed by atoms with Crippen LogP contribution in [0.25, 0.3) is 11.1 Å². The summed E-state index contributed by atoms with van der Waals surface area (Å²) >= 11 is 6.53. The van der Waals surface area contributed by atoms with Gasteiger partial charge in [0.25, 0.3) is 5.91 Å². The van der Waals surface area contributed by atoms with Crippen molar-refractivity contribution in [1.82, 2.24) is 14.3 Å². The molecular formula is C24H26ClN5O4S. The summed E-state index contributed by atoms with van der Waals surface area (Å²) in [5.74, 6) is 0.415. The number of halogens is 1. The van der Waals surface area contributed by atoms with Crippen molar-refractivity contribution >= 4 is 39.0 Å². The topological polar surface area (TPSA) is 105 Å². The normalized spacial score (nSPS) is 16.0. The highest BCUT2D eigenvalue weighted by Gasteiger charge is 2.32. The number of hydrogen-bond donors (Lipinski definition) is 1. The van der Waals surface area contributed by atoms with Gasteiger partial charge < -0.3 is 15.0 Å². The molecule has 0 aliphatic carbocycles. The smallest absolute Gasteiger partial charge is 0.267 e. The molecule has 4 rings (SSSR count). The van der Waals surface area contributed by atoms with E-state index in [0.29, 0.717) is 28.6 Å². The van der Waals surface area contributed by atoms with Gasteiger partial charge in [-0.2, -0.15) is 0 Å². The van der Waals surface area contributed by atoms with Crippen LogP contribution < -0.4 is 15.0 Å². The molecule has 0 bridgehead atoms. The van der Waals surface area contributed by atoms with Crippen molar-refractivity contribution in [3.8, 4) is 17.0 Å². The average molecular weight is 516 g/mol. The number of aromatic nitrogens is 2. The molecule has 0 spiro atoms. The molecule has 1 aliphatic rings. The Morgan fingerprint density at radius 1 is 1.20 bits per heavy atom. The quantitative estimate of drug-likeness (QED) is 0.534. The number of hydrogen-bond acceptors (Lipinski definition) is 7. The van der Waals surface area contributed by atoms with Gasteiger partial charge >= 0.3 is 0 Å². The number of sulfonamides is 1. The van der Waals surface area contributed by atoms with E-state index < -0.39 is 10.0 Å². The monoisotopic (exact) mass is 515 g/mol. The highest BCUT2D eigenvalue weighted by molar-refractivity contribution is 7.88. The molecular weight excluding hydrogens is 490 g/mol. The van der Waals surface area contributed by atoms with Crippen molar-refractivity contribution in [2.45, 2.75) is 19.6 Å². The van der Waals surface area contributed by atoms with Crippen molar-refractivity contribution in [3.05, 3.63) is 64.9 Å². The van der Waals surface area contributed by atoms with Gasteiger partial charge in [0.2, 0.25) is 15.9 Å². The minimum absolute atomic E-state index is 0.231. The molecule has 0 radical (unpaired) electrons. The number of nitrogens with zero attached hydrogens (tertiary/aromatic N) is 4.